The van der Waals surface area contributed by atoms with Gasteiger partial charge in [-0.2, -0.15) is 0 Å². The highest BCUT2D eigenvalue weighted by molar-refractivity contribution is 7.00. The van der Waals surface area contributed by atoms with Crippen molar-refractivity contribution in [3.63, 3.8) is 0 Å². The van der Waals surface area contributed by atoms with Gasteiger partial charge in [-0.25, -0.2) is 0 Å². The maximum absolute atomic E-state index is 2.59. The second-order valence-corrected chi connectivity index (χ2v) is 14.4. The molecular weight excluding hydrogens is 615 g/mol. The Labute approximate surface area is 301 Å². The third-order valence-electron chi connectivity index (χ3n) is 11.4. The first-order chi connectivity index (χ1) is 25.3. The van der Waals surface area contributed by atoms with Crippen molar-refractivity contribution in [1.82, 2.24) is 0 Å². The van der Waals surface area contributed by atoms with E-state index >= 15 is 0 Å². The first-order valence-corrected chi connectivity index (χ1v) is 18.6. The van der Waals surface area contributed by atoms with Crippen LogP contribution in [0, 0.1) is 0 Å². The fraction of sp³-hybridized carbons (Fsp3) is 0.125. The molecule has 0 bridgehead atoms. The summed E-state index contributed by atoms with van der Waals surface area (Å²) in [6, 6.07) is 63.2. The smallest absolute Gasteiger partial charge is 0.252 e. The summed E-state index contributed by atoms with van der Waals surface area (Å²) >= 11 is 0. The first kappa shape index (κ1) is 30.1. The Morgan fingerprint density at radius 3 is 1.65 bits per heavy atom. The standard InChI is InChI=1S/C48H39BN2/c1-5-16-34(17-6-1)37-22-15-25-41(30-37)51-45-31-38(35-18-7-2-8-19-35)28-29-43(45)49-42-26-13-14-27-44(42)50(40-23-11-4-12-24-40)46-32-39(33-47(51)48(46)49)36-20-9-3-10-21-36/h1-2,4-8,11-19,22-33,36H,3,9-10,20-21H2. The van der Waals surface area contributed by atoms with Gasteiger partial charge >= 0.3 is 0 Å². The minimum Gasteiger partial charge on any atom is -0.311 e. The van der Waals surface area contributed by atoms with Gasteiger partial charge in [-0.1, -0.05) is 141 Å². The minimum atomic E-state index is 0.111. The highest BCUT2D eigenvalue weighted by atomic mass is 15.2. The summed E-state index contributed by atoms with van der Waals surface area (Å²) in [5.74, 6) is 0.558. The van der Waals surface area contributed by atoms with Crippen LogP contribution >= 0.6 is 0 Å². The summed E-state index contributed by atoms with van der Waals surface area (Å²) in [6.07, 6.45) is 6.45. The Morgan fingerprint density at radius 1 is 0.392 bits per heavy atom. The van der Waals surface area contributed by atoms with Crippen molar-refractivity contribution in [3.05, 3.63) is 175 Å². The summed E-state index contributed by atoms with van der Waals surface area (Å²) in [5, 5.41) is 0. The second kappa shape index (κ2) is 12.5. The number of hydrogen-bond donors (Lipinski definition) is 0. The Balaban J connectivity index is 1.29. The molecule has 2 aliphatic heterocycles. The lowest BCUT2D eigenvalue weighted by atomic mass is 9.33. The molecule has 7 aromatic carbocycles. The van der Waals surface area contributed by atoms with Crippen LogP contribution in [0.1, 0.15) is 43.6 Å². The van der Waals surface area contributed by atoms with Gasteiger partial charge in [-0.15, -0.1) is 0 Å². The Bertz CT molecular complexity index is 2360. The van der Waals surface area contributed by atoms with Gasteiger partial charge in [0.25, 0.3) is 6.71 Å². The maximum atomic E-state index is 2.59. The van der Waals surface area contributed by atoms with Crippen molar-refractivity contribution in [1.29, 1.82) is 0 Å². The van der Waals surface area contributed by atoms with Gasteiger partial charge in [0.05, 0.1) is 0 Å². The Kier molecular flexibility index (Phi) is 7.38. The molecular formula is C48H39BN2. The van der Waals surface area contributed by atoms with E-state index in [2.05, 4.69) is 180 Å². The summed E-state index contributed by atoms with van der Waals surface area (Å²) < 4.78 is 0. The van der Waals surface area contributed by atoms with Crippen LogP contribution in [0.5, 0.6) is 0 Å². The number of rotatable bonds is 5. The van der Waals surface area contributed by atoms with Crippen LogP contribution in [0.4, 0.5) is 34.1 Å². The minimum absolute atomic E-state index is 0.111. The summed E-state index contributed by atoms with van der Waals surface area (Å²) in [4.78, 5) is 5.13. The van der Waals surface area contributed by atoms with E-state index < -0.39 is 0 Å². The molecule has 3 aliphatic rings. The molecule has 0 unspecified atom stereocenters. The van der Waals surface area contributed by atoms with Gasteiger partial charge in [-0.3, -0.25) is 0 Å². The van der Waals surface area contributed by atoms with Gasteiger partial charge in [-0.05, 0) is 111 Å². The van der Waals surface area contributed by atoms with Crippen LogP contribution in [0.2, 0.25) is 0 Å². The number of hydrogen-bond acceptors (Lipinski definition) is 2. The van der Waals surface area contributed by atoms with E-state index in [0.29, 0.717) is 5.92 Å². The lowest BCUT2D eigenvalue weighted by Crippen LogP contribution is -2.61. The van der Waals surface area contributed by atoms with E-state index in [1.54, 1.807) is 0 Å². The Hall–Kier alpha value is -5.80. The first-order valence-electron chi connectivity index (χ1n) is 18.6. The monoisotopic (exact) mass is 654 g/mol. The molecule has 0 amide bonds. The van der Waals surface area contributed by atoms with Crippen LogP contribution in [0.25, 0.3) is 22.3 Å². The topological polar surface area (TPSA) is 6.48 Å². The van der Waals surface area contributed by atoms with Crippen LogP contribution < -0.4 is 26.2 Å². The average molecular weight is 655 g/mol. The molecule has 1 saturated carbocycles. The number of anilines is 6. The highest BCUT2D eigenvalue weighted by Crippen LogP contribution is 2.47. The molecule has 0 atom stereocenters. The zero-order chi connectivity index (χ0) is 33.7. The molecule has 244 valence electrons. The predicted molar refractivity (Wildman–Crippen MR) is 217 cm³/mol. The zero-order valence-electron chi connectivity index (χ0n) is 28.8. The van der Waals surface area contributed by atoms with Crippen LogP contribution in [0.15, 0.2) is 170 Å². The lowest BCUT2D eigenvalue weighted by Gasteiger charge is -2.45. The molecule has 1 fully saturated rings. The van der Waals surface area contributed by atoms with Gasteiger partial charge < -0.3 is 9.80 Å². The molecule has 51 heavy (non-hydrogen) atoms. The molecule has 3 heteroatoms. The largest absolute Gasteiger partial charge is 0.311 e. The van der Waals surface area contributed by atoms with Gasteiger partial charge in [0.15, 0.2) is 0 Å². The summed E-state index contributed by atoms with van der Waals surface area (Å²) in [6.45, 7) is 0.111. The molecule has 2 nitrogen and oxygen atoms in total. The van der Waals surface area contributed by atoms with Crippen molar-refractivity contribution < 1.29 is 0 Å². The second-order valence-electron chi connectivity index (χ2n) is 14.4. The van der Waals surface area contributed by atoms with Crippen LogP contribution in [-0.2, 0) is 0 Å². The molecule has 0 spiro atoms. The molecule has 0 aromatic heterocycles. The number of fused-ring (bicyclic) bond motifs is 4. The predicted octanol–water partition coefficient (Wildman–Crippen LogP) is 11.2. The number of nitrogens with zero attached hydrogens (tertiary/aromatic N) is 2. The van der Waals surface area contributed by atoms with E-state index in [9.17, 15) is 0 Å². The normalized spacial score (nSPS) is 14.9. The maximum Gasteiger partial charge on any atom is 0.252 e. The van der Waals surface area contributed by atoms with Gasteiger partial charge in [0, 0.05) is 34.1 Å². The number of benzene rings is 7. The summed E-state index contributed by atoms with van der Waals surface area (Å²) in [7, 11) is 0. The van der Waals surface area contributed by atoms with E-state index in [-0.39, 0.29) is 6.71 Å². The molecule has 0 N–H and O–H groups in total. The fourth-order valence-electron chi connectivity index (χ4n) is 9.04. The molecule has 0 saturated heterocycles. The fourth-order valence-corrected chi connectivity index (χ4v) is 9.04. The SMILES string of the molecule is c1ccc(-c2cccc(N3c4cc(-c5ccccc5)ccc4B4c5ccccc5N(c5ccccc5)c5cc(C6CCCCC6)cc3c54)c2)cc1. The van der Waals surface area contributed by atoms with Crippen molar-refractivity contribution in [2.24, 2.45) is 0 Å². The van der Waals surface area contributed by atoms with E-state index in [4.69, 9.17) is 0 Å². The zero-order valence-corrected chi connectivity index (χ0v) is 28.8. The molecule has 0 radical (unpaired) electrons. The van der Waals surface area contributed by atoms with Gasteiger partial charge in [0.1, 0.15) is 0 Å². The summed E-state index contributed by atoms with van der Waals surface area (Å²) in [5.41, 5.74) is 18.0. The van der Waals surface area contributed by atoms with Crippen molar-refractivity contribution in [3.8, 4) is 22.3 Å². The average Bonchev–Trinajstić information content (AvgIpc) is 3.21. The molecule has 2 heterocycles. The Morgan fingerprint density at radius 2 is 0.941 bits per heavy atom. The van der Waals surface area contributed by atoms with Crippen molar-refractivity contribution >= 4 is 57.2 Å². The van der Waals surface area contributed by atoms with E-state index in [0.717, 1.165) is 0 Å². The lowest BCUT2D eigenvalue weighted by molar-refractivity contribution is 0.444. The molecule has 1 aliphatic carbocycles. The van der Waals surface area contributed by atoms with E-state index in [1.807, 2.05) is 0 Å². The third kappa shape index (κ3) is 5.10. The quantitative estimate of drug-likeness (QED) is 0.170. The highest BCUT2D eigenvalue weighted by Gasteiger charge is 2.43. The van der Waals surface area contributed by atoms with Crippen LogP contribution in [0.3, 0.4) is 0 Å². The third-order valence-corrected chi connectivity index (χ3v) is 11.4. The number of para-hydroxylation sites is 2. The van der Waals surface area contributed by atoms with Gasteiger partial charge in [0.2, 0.25) is 0 Å². The van der Waals surface area contributed by atoms with Crippen molar-refractivity contribution in [2.75, 3.05) is 9.80 Å². The van der Waals surface area contributed by atoms with Crippen LogP contribution in [-0.4, -0.2) is 6.71 Å². The van der Waals surface area contributed by atoms with Crippen molar-refractivity contribution in [2.45, 2.75) is 38.0 Å². The molecule has 7 aromatic rings. The van der Waals surface area contributed by atoms with E-state index in [1.165, 1.54) is 110 Å². The molecule has 10 rings (SSSR count).